The molecule has 3 nitrogen and oxygen atoms in total. The lowest BCUT2D eigenvalue weighted by Crippen LogP contribution is -2.74. The van der Waals surface area contributed by atoms with Crippen LogP contribution in [0, 0.1) is 0 Å². The summed E-state index contributed by atoms with van der Waals surface area (Å²) in [7, 11) is -2.74. The first-order valence-electron chi connectivity index (χ1n) is 22.1. The molecule has 0 saturated carbocycles. The second-order valence-corrected chi connectivity index (χ2v) is 20.7. The third kappa shape index (κ3) is 5.33. The Balaban J connectivity index is 1.06. The molecule has 0 amide bonds. The van der Waals surface area contributed by atoms with Crippen molar-refractivity contribution in [1.29, 1.82) is 0 Å². The van der Waals surface area contributed by atoms with Crippen LogP contribution in [0.1, 0.15) is 0 Å². The standard InChI is InChI=1S/C60H41N3Si/c1-5-19-42(20-6-1)61-59-39-43(62-55-30-16-13-27-49(55)50-28-14-17-31-56(50)62)33-36-52(59)53-37-34-44(40-60(53)61)63-57-32-18-15-29-51(57)54-41-48(35-38-58(54)63)64(45-21-7-2-8-22-45,46-23-9-3-10-24-46)47-25-11-4-12-26-47/h1-41H. The maximum Gasteiger partial charge on any atom is 0.179 e. The van der Waals surface area contributed by atoms with Crippen molar-refractivity contribution in [3.8, 4) is 17.1 Å². The molecule has 0 saturated heterocycles. The van der Waals surface area contributed by atoms with Gasteiger partial charge in [0.1, 0.15) is 0 Å². The van der Waals surface area contributed by atoms with Crippen molar-refractivity contribution in [3.63, 3.8) is 0 Å². The molecule has 64 heavy (non-hydrogen) atoms. The van der Waals surface area contributed by atoms with Gasteiger partial charge in [-0.15, -0.1) is 0 Å². The van der Waals surface area contributed by atoms with Gasteiger partial charge in [0.25, 0.3) is 0 Å². The average Bonchev–Trinajstić information content (AvgIpc) is 4.00. The van der Waals surface area contributed by atoms with Gasteiger partial charge in [0, 0.05) is 49.4 Å². The first kappa shape index (κ1) is 36.5. The van der Waals surface area contributed by atoms with Crippen LogP contribution in [0.3, 0.4) is 0 Å². The third-order valence-electron chi connectivity index (χ3n) is 13.6. The summed E-state index contributed by atoms with van der Waals surface area (Å²) in [6.07, 6.45) is 0. The lowest BCUT2D eigenvalue weighted by atomic mass is 10.1. The molecular weight excluding hydrogens is 791 g/mol. The molecule has 0 aliphatic heterocycles. The van der Waals surface area contributed by atoms with Gasteiger partial charge in [-0.2, -0.15) is 0 Å². The molecule has 0 spiro atoms. The fourth-order valence-electron chi connectivity index (χ4n) is 10.9. The zero-order valence-electron chi connectivity index (χ0n) is 35.0. The molecule has 3 heterocycles. The molecular formula is C60H41N3Si. The number of rotatable bonds is 7. The van der Waals surface area contributed by atoms with Crippen molar-refractivity contribution in [3.05, 3.63) is 249 Å². The van der Waals surface area contributed by atoms with Crippen LogP contribution in [0.5, 0.6) is 0 Å². The molecule has 0 aliphatic carbocycles. The summed E-state index contributed by atoms with van der Waals surface area (Å²) in [5.41, 5.74) is 10.6. The molecule has 4 heteroatoms. The van der Waals surface area contributed by atoms with Gasteiger partial charge in [0.15, 0.2) is 8.07 Å². The monoisotopic (exact) mass is 831 g/mol. The molecule has 0 aliphatic rings. The van der Waals surface area contributed by atoms with Crippen LogP contribution in [0.15, 0.2) is 249 Å². The maximum absolute atomic E-state index is 2.74. The van der Waals surface area contributed by atoms with Crippen LogP contribution in [0.2, 0.25) is 0 Å². The van der Waals surface area contributed by atoms with Gasteiger partial charge in [0.05, 0.1) is 33.1 Å². The molecule has 13 rings (SSSR count). The number of hydrogen-bond acceptors (Lipinski definition) is 0. The molecule has 0 radical (unpaired) electrons. The van der Waals surface area contributed by atoms with Gasteiger partial charge in [-0.05, 0) is 81.4 Å². The van der Waals surface area contributed by atoms with Crippen molar-refractivity contribution >= 4 is 94.2 Å². The minimum atomic E-state index is -2.74. The Hall–Kier alpha value is -8.18. The van der Waals surface area contributed by atoms with Crippen molar-refractivity contribution in [2.45, 2.75) is 0 Å². The Labute approximate surface area is 372 Å². The van der Waals surface area contributed by atoms with Crippen LogP contribution < -0.4 is 20.7 Å². The number of nitrogens with zero attached hydrogens (tertiary/aromatic N) is 3. The van der Waals surface area contributed by atoms with Crippen molar-refractivity contribution in [2.75, 3.05) is 0 Å². The van der Waals surface area contributed by atoms with Crippen molar-refractivity contribution in [2.24, 2.45) is 0 Å². The van der Waals surface area contributed by atoms with Crippen LogP contribution in [-0.2, 0) is 0 Å². The molecule has 10 aromatic carbocycles. The fraction of sp³-hybridized carbons (Fsp3) is 0. The molecule has 0 fully saturated rings. The SMILES string of the molecule is c1ccc(-n2c3cc(-n4c5ccccc5c5ccccc54)ccc3c3ccc(-n4c5ccccc5c5cc([Si](c6ccccc6)(c6ccccc6)c6ccccc6)ccc54)cc32)cc1. The summed E-state index contributed by atoms with van der Waals surface area (Å²) in [6, 6.07) is 92.2. The number of aromatic nitrogens is 3. The first-order chi connectivity index (χ1) is 31.8. The van der Waals surface area contributed by atoms with Crippen LogP contribution in [0.4, 0.5) is 0 Å². The Morgan fingerprint density at radius 2 is 0.547 bits per heavy atom. The van der Waals surface area contributed by atoms with E-state index in [4.69, 9.17) is 0 Å². The topological polar surface area (TPSA) is 14.8 Å². The van der Waals surface area contributed by atoms with E-state index < -0.39 is 8.07 Å². The van der Waals surface area contributed by atoms with E-state index in [-0.39, 0.29) is 0 Å². The van der Waals surface area contributed by atoms with E-state index in [1.807, 2.05) is 0 Å². The number of benzene rings is 10. The number of hydrogen-bond donors (Lipinski definition) is 0. The normalized spacial score (nSPS) is 12.1. The summed E-state index contributed by atoms with van der Waals surface area (Å²) in [5.74, 6) is 0. The fourth-order valence-corrected chi connectivity index (χ4v) is 15.6. The van der Waals surface area contributed by atoms with E-state index in [1.54, 1.807) is 0 Å². The van der Waals surface area contributed by atoms with Gasteiger partial charge >= 0.3 is 0 Å². The van der Waals surface area contributed by atoms with Gasteiger partial charge in [-0.25, -0.2) is 0 Å². The highest BCUT2D eigenvalue weighted by atomic mass is 28.3. The minimum Gasteiger partial charge on any atom is -0.309 e. The quantitative estimate of drug-likeness (QED) is 0.112. The van der Waals surface area contributed by atoms with E-state index in [0.717, 1.165) is 17.1 Å². The minimum absolute atomic E-state index is 1.13. The van der Waals surface area contributed by atoms with Gasteiger partial charge in [-0.3, -0.25) is 0 Å². The van der Waals surface area contributed by atoms with E-state index in [9.17, 15) is 0 Å². The third-order valence-corrected chi connectivity index (χ3v) is 18.3. The van der Waals surface area contributed by atoms with Crippen LogP contribution in [0.25, 0.3) is 82.5 Å². The number of para-hydroxylation sites is 4. The van der Waals surface area contributed by atoms with E-state index in [1.165, 1.54) is 86.2 Å². The molecule has 13 aromatic rings. The molecule has 0 atom stereocenters. The van der Waals surface area contributed by atoms with E-state index in [2.05, 4.69) is 262 Å². The Morgan fingerprint density at radius 3 is 1.00 bits per heavy atom. The lowest BCUT2D eigenvalue weighted by Gasteiger charge is -2.34. The highest BCUT2D eigenvalue weighted by Crippen LogP contribution is 2.39. The highest BCUT2D eigenvalue weighted by molar-refractivity contribution is 7.20. The Morgan fingerprint density at radius 1 is 0.203 bits per heavy atom. The zero-order chi connectivity index (χ0) is 42.2. The maximum atomic E-state index is 2.52. The van der Waals surface area contributed by atoms with Crippen LogP contribution >= 0.6 is 0 Å². The Kier molecular flexibility index (Phi) is 8.23. The van der Waals surface area contributed by atoms with Gasteiger partial charge < -0.3 is 13.7 Å². The summed E-state index contributed by atoms with van der Waals surface area (Å²) in [6.45, 7) is 0. The second kappa shape index (κ2) is 14.5. The average molecular weight is 832 g/mol. The smallest absolute Gasteiger partial charge is 0.179 e. The molecule has 0 unspecified atom stereocenters. The summed E-state index contributed by atoms with van der Waals surface area (Å²) < 4.78 is 7.35. The predicted molar refractivity (Wildman–Crippen MR) is 273 cm³/mol. The molecule has 3 aromatic heterocycles. The van der Waals surface area contributed by atoms with Crippen molar-refractivity contribution < 1.29 is 0 Å². The predicted octanol–water partition coefficient (Wildman–Crippen LogP) is 12.4. The van der Waals surface area contributed by atoms with Crippen molar-refractivity contribution in [1.82, 2.24) is 13.7 Å². The largest absolute Gasteiger partial charge is 0.309 e. The molecule has 0 N–H and O–H groups in total. The van der Waals surface area contributed by atoms with Gasteiger partial charge in [0.2, 0.25) is 0 Å². The first-order valence-corrected chi connectivity index (χ1v) is 24.1. The van der Waals surface area contributed by atoms with Gasteiger partial charge in [-0.1, -0.05) is 188 Å². The summed E-state index contributed by atoms with van der Waals surface area (Å²) >= 11 is 0. The summed E-state index contributed by atoms with van der Waals surface area (Å²) in [5, 5.41) is 13.0. The molecule has 300 valence electrons. The highest BCUT2D eigenvalue weighted by Gasteiger charge is 2.41. The zero-order valence-corrected chi connectivity index (χ0v) is 36.0. The van der Waals surface area contributed by atoms with E-state index >= 15 is 0 Å². The second-order valence-electron chi connectivity index (χ2n) is 16.9. The van der Waals surface area contributed by atoms with Crippen LogP contribution in [-0.4, -0.2) is 21.8 Å². The molecule has 0 bridgehead atoms. The lowest BCUT2D eigenvalue weighted by molar-refractivity contribution is 1.14. The Bertz CT molecular complexity index is 3730. The summed E-state index contributed by atoms with van der Waals surface area (Å²) in [4.78, 5) is 0. The number of fused-ring (bicyclic) bond motifs is 9. The van der Waals surface area contributed by atoms with E-state index in [0.29, 0.717) is 0 Å².